The van der Waals surface area contributed by atoms with Crippen LogP contribution in [0.2, 0.25) is 0 Å². The lowest BCUT2D eigenvalue weighted by Crippen LogP contribution is -1.96. The van der Waals surface area contributed by atoms with Gasteiger partial charge in [-0.1, -0.05) is 0 Å². The molecule has 2 aromatic heterocycles. The lowest BCUT2D eigenvalue weighted by Gasteiger charge is -2.00. The van der Waals surface area contributed by atoms with Crippen LogP contribution in [-0.2, 0) is 0 Å². The fourth-order valence-electron chi connectivity index (χ4n) is 1.17. The summed E-state index contributed by atoms with van der Waals surface area (Å²) in [6, 6.07) is 2.04. The van der Waals surface area contributed by atoms with Gasteiger partial charge in [0.1, 0.15) is 6.07 Å². The minimum absolute atomic E-state index is 0.455. The Balaban J connectivity index is 2.95. The van der Waals surface area contributed by atoms with Crippen LogP contribution in [0.1, 0.15) is 11.3 Å². The van der Waals surface area contributed by atoms with Crippen molar-refractivity contribution in [2.24, 2.45) is 0 Å². The van der Waals surface area contributed by atoms with Gasteiger partial charge in [-0.15, -0.1) is 11.3 Å². The first-order chi connectivity index (χ1) is 6.24. The van der Waals surface area contributed by atoms with Gasteiger partial charge in [0.2, 0.25) is 0 Å². The van der Waals surface area contributed by atoms with E-state index in [1.807, 2.05) is 6.07 Å². The van der Waals surface area contributed by atoms with Gasteiger partial charge in [-0.05, 0) is 6.92 Å². The molecule has 0 aliphatic heterocycles. The maximum Gasteiger partial charge on any atom is 0.172 e. The Kier molecular flexibility index (Phi) is 1.64. The van der Waals surface area contributed by atoms with E-state index in [-0.39, 0.29) is 0 Å². The number of pyridine rings is 1. The summed E-state index contributed by atoms with van der Waals surface area (Å²) in [5.74, 6) is 0. The molecule has 0 atom stereocenters. The number of thiazole rings is 1. The largest absolute Gasteiger partial charge is 0.396 e. The summed E-state index contributed by atoms with van der Waals surface area (Å²) >= 11 is 1.40. The number of fused-ring (bicyclic) bond motifs is 1. The molecule has 0 aliphatic rings. The minimum Gasteiger partial charge on any atom is -0.396 e. The number of hydrogen-bond donors (Lipinski definition) is 1. The fraction of sp³-hybridized carbons (Fsp3) is 0.125. The van der Waals surface area contributed by atoms with Crippen LogP contribution in [0.15, 0.2) is 5.51 Å². The molecule has 4 nitrogen and oxygen atoms in total. The second-order valence-corrected chi connectivity index (χ2v) is 3.46. The summed E-state index contributed by atoms with van der Waals surface area (Å²) in [6.45, 7) is 1.76. The van der Waals surface area contributed by atoms with E-state index in [2.05, 4.69) is 9.97 Å². The molecule has 13 heavy (non-hydrogen) atoms. The molecule has 64 valence electrons. The number of rotatable bonds is 0. The maximum atomic E-state index is 8.81. The quantitative estimate of drug-likeness (QED) is 0.682. The molecule has 0 aromatic carbocycles. The molecule has 0 aliphatic carbocycles. The number of nitrogens with zero attached hydrogens (tertiary/aromatic N) is 3. The maximum absolute atomic E-state index is 8.81. The van der Waals surface area contributed by atoms with Gasteiger partial charge in [-0.25, -0.2) is 9.97 Å². The SMILES string of the molecule is Cc1nc2ncsc2c(N)c1C#N. The first-order valence-electron chi connectivity index (χ1n) is 3.63. The summed E-state index contributed by atoms with van der Waals surface area (Å²) in [6.07, 6.45) is 0. The van der Waals surface area contributed by atoms with Gasteiger partial charge in [0.25, 0.3) is 0 Å². The molecule has 5 heteroatoms. The summed E-state index contributed by atoms with van der Waals surface area (Å²) in [5.41, 5.74) is 9.67. The highest BCUT2D eigenvalue weighted by atomic mass is 32.1. The van der Waals surface area contributed by atoms with Crippen LogP contribution in [0.25, 0.3) is 10.3 Å². The zero-order valence-corrected chi connectivity index (χ0v) is 7.72. The molecule has 2 heterocycles. The van der Waals surface area contributed by atoms with Crippen LogP contribution in [0.5, 0.6) is 0 Å². The van der Waals surface area contributed by atoms with E-state index in [1.54, 1.807) is 12.4 Å². The van der Waals surface area contributed by atoms with Crippen molar-refractivity contribution in [2.75, 3.05) is 5.73 Å². The lowest BCUT2D eigenvalue weighted by molar-refractivity contribution is 1.20. The van der Waals surface area contributed by atoms with E-state index in [0.29, 0.717) is 22.6 Å². The smallest absolute Gasteiger partial charge is 0.172 e. The Hall–Kier alpha value is -1.67. The zero-order chi connectivity index (χ0) is 9.42. The first-order valence-corrected chi connectivity index (χ1v) is 4.51. The first kappa shape index (κ1) is 7.95. The average molecular weight is 190 g/mol. The molecule has 0 unspecified atom stereocenters. The second kappa shape index (κ2) is 2.68. The molecule has 0 spiro atoms. The molecular weight excluding hydrogens is 184 g/mol. The number of nitriles is 1. The van der Waals surface area contributed by atoms with E-state index in [9.17, 15) is 0 Å². The van der Waals surface area contributed by atoms with Gasteiger partial charge in [-0.2, -0.15) is 5.26 Å². The van der Waals surface area contributed by atoms with Gasteiger partial charge < -0.3 is 5.73 Å². The van der Waals surface area contributed by atoms with Crippen molar-refractivity contribution in [3.63, 3.8) is 0 Å². The predicted molar refractivity (Wildman–Crippen MR) is 51.3 cm³/mol. The van der Waals surface area contributed by atoms with Gasteiger partial charge >= 0.3 is 0 Å². The van der Waals surface area contributed by atoms with Crippen molar-refractivity contribution in [3.05, 3.63) is 16.8 Å². The topological polar surface area (TPSA) is 75.6 Å². The van der Waals surface area contributed by atoms with Crippen LogP contribution in [-0.4, -0.2) is 9.97 Å². The molecule has 2 rings (SSSR count). The Morgan fingerprint density at radius 3 is 3.08 bits per heavy atom. The van der Waals surface area contributed by atoms with Gasteiger partial charge in [0.15, 0.2) is 5.65 Å². The van der Waals surface area contributed by atoms with Crippen LogP contribution in [0, 0.1) is 18.3 Å². The molecule has 0 saturated heterocycles. The molecule has 0 bridgehead atoms. The molecule has 0 amide bonds. The Morgan fingerprint density at radius 1 is 1.62 bits per heavy atom. The molecule has 0 radical (unpaired) electrons. The molecule has 2 aromatic rings. The van der Waals surface area contributed by atoms with Gasteiger partial charge in [0, 0.05) is 0 Å². The molecule has 2 N–H and O–H groups in total. The van der Waals surface area contributed by atoms with Crippen LogP contribution >= 0.6 is 11.3 Å². The third-order valence-corrected chi connectivity index (χ3v) is 2.66. The third-order valence-electron chi connectivity index (χ3n) is 1.81. The number of nitrogen functional groups attached to an aromatic ring is 1. The highest BCUT2D eigenvalue weighted by Gasteiger charge is 2.10. The van der Waals surface area contributed by atoms with E-state index < -0.39 is 0 Å². The van der Waals surface area contributed by atoms with E-state index in [0.717, 1.165) is 4.70 Å². The van der Waals surface area contributed by atoms with Gasteiger partial charge in [0.05, 0.1) is 27.2 Å². The van der Waals surface area contributed by atoms with Crippen molar-refractivity contribution >= 4 is 27.4 Å². The molecule has 0 fully saturated rings. The van der Waals surface area contributed by atoms with Gasteiger partial charge in [-0.3, -0.25) is 0 Å². The Labute approximate surface area is 78.7 Å². The van der Waals surface area contributed by atoms with E-state index in [4.69, 9.17) is 11.0 Å². The Bertz CT molecular complexity index is 509. The standard InChI is InChI=1S/C8H6N4S/c1-4-5(2-9)6(10)7-8(12-4)11-3-13-7/h3H,1H3,(H2,10,12). The number of anilines is 1. The number of hydrogen-bond acceptors (Lipinski definition) is 5. The van der Waals surface area contributed by atoms with Crippen LogP contribution in [0.4, 0.5) is 5.69 Å². The summed E-state index contributed by atoms with van der Waals surface area (Å²) < 4.78 is 0.794. The van der Waals surface area contributed by atoms with Crippen molar-refractivity contribution in [3.8, 4) is 6.07 Å². The third kappa shape index (κ3) is 1.03. The van der Waals surface area contributed by atoms with Crippen LogP contribution in [0.3, 0.4) is 0 Å². The summed E-state index contributed by atoms with van der Waals surface area (Å²) in [4.78, 5) is 8.20. The monoisotopic (exact) mass is 190 g/mol. The number of aromatic nitrogens is 2. The highest BCUT2D eigenvalue weighted by Crippen LogP contribution is 2.27. The van der Waals surface area contributed by atoms with Crippen molar-refractivity contribution in [1.29, 1.82) is 5.26 Å². The van der Waals surface area contributed by atoms with Crippen LogP contribution < -0.4 is 5.73 Å². The normalized spacial score (nSPS) is 10.2. The second-order valence-electron chi connectivity index (χ2n) is 2.60. The average Bonchev–Trinajstić information content (AvgIpc) is 2.53. The highest BCUT2D eigenvalue weighted by molar-refractivity contribution is 7.17. The van der Waals surface area contributed by atoms with Crippen molar-refractivity contribution in [2.45, 2.75) is 6.92 Å². The summed E-state index contributed by atoms with van der Waals surface area (Å²) in [7, 11) is 0. The van der Waals surface area contributed by atoms with E-state index in [1.165, 1.54) is 11.3 Å². The Morgan fingerprint density at radius 2 is 2.38 bits per heavy atom. The lowest BCUT2D eigenvalue weighted by atomic mass is 10.2. The predicted octanol–water partition coefficient (Wildman–Crippen LogP) is 1.45. The molecule has 0 saturated carbocycles. The molecular formula is C8H6N4S. The number of aryl methyl sites for hydroxylation is 1. The van der Waals surface area contributed by atoms with Crippen molar-refractivity contribution in [1.82, 2.24) is 9.97 Å². The zero-order valence-electron chi connectivity index (χ0n) is 6.90. The van der Waals surface area contributed by atoms with Crippen molar-refractivity contribution < 1.29 is 0 Å². The van der Waals surface area contributed by atoms with E-state index >= 15 is 0 Å². The minimum atomic E-state index is 0.455. The summed E-state index contributed by atoms with van der Waals surface area (Å²) in [5, 5.41) is 8.81. The number of nitrogens with two attached hydrogens (primary N) is 1. The fourth-order valence-corrected chi connectivity index (χ4v) is 1.86.